The third kappa shape index (κ3) is 2.99. The molecule has 0 aromatic rings. The van der Waals surface area contributed by atoms with Gasteiger partial charge in [-0.1, -0.05) is 13.8 Å². The molecule has 0 spiro atoms. The fraction of sp³-hybridized carbons (Fsp3) is 1.00. The Bertz CT molecular complexity index is 81.8. The summed E-state index contributed by atoms with van der Waals surface area (Å²) in [5.74, 6) is 0. The summed E-state index contributed by atoms with van der Waals surface area (Å²) in [6.45, 7) is 3.86. The summed E-state index contributed by atoms with van der Waals surface area (Å²) in [6, 6.07) is 0. The van der Waals surface area contributed by atoms with E-state index < -0.39 is 14.8 Å². The van der Waals surface area contributed by atoms with Gasteiger partial charge < -0.3 is 0 Å². The molecule has 0 rings (SSSR count). The van der Waals surface area contributed by atoms with Crippen LogP contribution < -0.4 is 0 Å². The maximum atomic E-state index is 5.73. The van der Waals surface area contributed by atoms with Crippen LogP contribution in [0, 0.1) is 0 Å². The van der Waals surface area contributed by atoms with Crippen molar-refractivity contribution in [3.63, 3.8) is 0 Å². The van der Waals surface area contributed by atoms with Crippen molar-refractivity contribution in [2.45, 2.75) is 18.5 Å². The first-order valence-electron chi connectivity index (χ1n) is 2.45. The van der Waals surface area contributed by atoms with Crippen molar-refractivity contribution in [2.24, 2.45) is 0 Å². The molecule has 9 heavy (non-hydrogen) atoms. The van der Waals surface area contributed by atoms with E-state index in [9.17, 15) is 0 Å². The minimum atomic E-state index is -1.70. The zero-order valence-corrected chi connectivity index (χ0v) is 10.5. The summed E-state index contributed by atoms with van der Waals surface area (Å²) in [7, 11) is -3.39. The average molecular weight is 242 g/mol. The molecule has 6 heteroatoms. The predicted octanol–water partition coefficient (Wildman–Crippen LogP) is 2.70. The Morgan fingerprint density at radius 2 is 1.11 bits per heavy atom. The number of halogens is 4. The Morgan fingerprint density at radius 3 is 1.11 bits per heavy atom. The second-order valence-electron chi connectivity index (χ2n) is 2.42. The van der Waals surface area contributed by atoms with Crippen molar-refractivity contribution in [3.05, 3.63) is 0 Å². The van der Waals surface area contributed by atoms with Crippen LogP contribution in [0.2, 0.25) is 4.66 Å². The summed E-state index contributed by atoms with van der Waals surface area (Å²) in [5.41, 5.74) is 0. The standard InChI is InChI=1S/C3H8Cl4Si2/c1-3(2,8(4)5)9(6)7/h8-9H,1-2H3. The second kappa shape index (κ2) is 3.83. The maximum Gasteiger partial charge on any atom is 0.242 e. The molecule has 56 valence electrons. The van der Waals surface area contributed by atoms with E-state index in [4.69, 9.17) is 44.3 Å². The van der Waals surface area contributed by atoms with Crippen LogP contribution in [0.15, 0.2) is 0 Å². The highest BCUT2D eigenvalue weighted by Crippen LogP contribution is 2.38. The topological polar surface area (TPSA) is 0 Å². The van der Waals surface area contributed by atoms with E-state index in [0.717, 1.165) is 0 Å². The van der Waals surface area contributed by atoms with Crippen molar-refractivity contribution in [1.82, 2.24) is 0 Å². The minimum absolute atomic E-state index is 0.160. The van der Waals surface area contributed by atoms with Gasteiger partial charge in [0, 0.05) is 4.66 Å². The Balaban J connectivity index is 4.01. The lowest BCUT2D eigenvalue weighted by Gasteiger charge is -2.23. The third-order valence-electron chi connectivity index (χ3n) is 1.12. The molecule has 0 atom stereocenters. The molecule has 0 saturated heterocycles. The summed E-state index contributed by atoms with van der Waals surface area (Å²) < 4.78 is -0.160. The smallest absolute Gasteiger partial charge is 0.150 e. The Kier molecular flexibility index (Phi) is 4.51. The van der Waals surface area contributed by atoms with Crippen molar-refractivity contribution in [2.75, 3.05) is 0 Å². The molecule has 0 amide bonds. The van der Waals surface area contributed by atoms with E-state index in [1.807, 2.05) is 13.8 Å². The van der Waals surface area contributed by atoms with Gasteiger partial charge in [-0.15, -0.1) is 44.3 Å². The normalized spacial score (nSPS) is 13.3. The summed E-state index contributed by atoms with van der Waals surface area (Å²) in [4.78, 5) is 0. The molecule has 0 saturated carbocycles. The lowest BCUT2D eigenvalue weighted by atomic mass is 10.5. The van der Waals surface area contributed by atoms with Gasteiger partial charge in [0.25, 0.3) is 0 Å². The lowest BCUT2D eigenvalue weighted by Crippen LogP contribution is -2.27. The molecule has 0 nitrogen and oxygen atoms in total. The number of rotatable bonds is 2. The lowest BCUT2D eigenvalue weighted by molar-refractivity contribution is 0.951. The van der Waals surface area contributed by atoms with Gasteiger partial charge in [0.15, 0.2) is 0 Å². The maximum absolute atomic E-state index is 5.73. The van der Waals surface area contributed by atoms with Crippen LogP contribution >= 0.6 is 44.3 Å². The van der Waals surface area contributed by atoms with Crippen LogP contribution in [0.4, 0.5) is 0 Å². The molecule has 0 heterocycles. The van der Waals surface area contributed by atoms with Crippen LogP contribution in [0.3, 0.4) is 0 Å². The van der Waals surface area contributed by atoms with E-state index >= 15 is 0 Å². The molecule has 0 unspecified atom stereocenters. The summed E-state index contributed by atoms with van der Waals surface area (Å²) in [5, 5.41) is 0. The number of hydrogen-bond donors (Lipinski definition) is 0. The zero-order valence-electron chi connectivity index (χ0n) is 5.17. The van der Waals surface area contributed by atoms with Crippen LogP contribution in [0.1, 0.15) is 13.8 Å². The highest BCUT2D eigenvalue weighted by Gasteiger charge is 2.36. The fourth-order valence-corrected chi connectivity index (χ4v) is 7.71. The van der Waals surface area contributed by atoms with E-state index in [1.54, 1.807) is 0 Å². The molecular formula is C3H8Cl4Si2. The van der Waals surface area contributed by atoms with Gasteiger partial charge in [-0.3, -0.25) is 0 Å². The molecule has 0 aromatic carbocycles. The second-order valence-corrected chi connectivity index (χ2v) is 13.8. The molecule has 0 N–H and O–H groups in total. The number of hydrogen-bond acceptors (Lipinski definition) is 0. The van der Waals surface area contributed by atoms with Gasteiger partial charge in [-0.2, -0.15) is 0 Å². The van der Waals surface area contributed by atoms with Gasteiger partial charge in [-0.25, -0.2) is 0 Å². The molecule has 0 aliphatic carbocycles. The van der Waals surface area contributed by atoms with Crippen LogP contribution in [-0.4, -0.2) is 14.8 Å². The summed E-state index contributed by atoms with van der Waals surface area (Å²) >= 11 is 22.9. The van der Waals surface area contributed by atoms with Crippen molar-refractivity contribution < 1.29 is 0 Å². The van der Waals surface area contributed by atoms with Crippen LogP contribution in [0.25, 0.3) is 0 Å². The Hall–Kier alpha value is 1.59. The molecule has 0 radical (unpaired) electrons. The SMILES string of the molecule is CC(C)([SiH](Cl)Cl)[SiH](Cl)Cl. The van der Waals surface area contributed by atoms with Crippen molar-refractivity contribution in [3.8, 4) is 0 Å². The quantitative estimate of drug-likeness (QED) is 0.516. The molecule has 0 aromatic heterocycles. The largest absolute Gasteiger partial charge is 0.242 e. The van der Waals surface area contributed by atoms with Gasteiger partial charge >= 0.3 is 0 Å². The van der Waals surface area contributed by atoms with Crippen molar-refractivity contribution >= 4 is 59.1 Å². The van der Waals surface area contributed by atoms with Crippen molar-refractivity contribution in [1.29, 1.82) is 0 Å². The average Bonchev–Trinajstić information content (AvgIpc) is 1.65. The molecule has 0 aliphatic heterocycles. The van der Waals surface area contributed by atoms with Gasteiger partial charge in [-0.05, 0) is 0 Å². The minimum Gasteiger partial charge on any atom is -0.150 e. The first-order chi connectivity index (χ1) is 3.89. The van der Waals surface area contributed by atoms with Gasteiger partial charge in [0.05, 0.1) is 0 Å². The molecular weight excluding hydrogens is 234 g/mol. The first-order valence-corrected chi connectivity index (χ1v) is 10.6. The molecule has 0 aliphatic rings. The highest BCUT2D eigenvalue weighted by atomic mass is 35.7. The van der Waals surface area contributed by atoms with Crippen LogP contribution in [0.5, 0.6) is 0 Å². The molecule has 0 bridgehead atoms. The monoisotopic (exact) mass is 240 g/mol. The fourth-order valence-electron chi connectivity index (χ4n) is 0.0952. The Labute approximate surface area is 77.5 Å². The van der Waals surface area contributed by atoms with Gasteiger partial charge in [0.2, 0.25) is 14.8 Å². The van der Waals surface area contributed by atoms with E-state index in [2.05, 4.69) is 0 Å². The van der Waals surface area contributed by atoms with Crippen LogP contribution in [-0.2, 0) is 0 Å². The predicted molar refractivity (Wildman–Crippen MR) is 51.8 cm³/mol. The van der Waals surface area contributed by atoms with E-state index in [1.165, 1.54) is 0 Å². The van der Waals surface area contributed by atoms with E-state index in [-0.39, 0.29) is 4.66 Å². The van der Waals surface area contributed by atoms with E-state index in [0.29, 0.717) is 0 Å². The van der Waals surface area contributed by atoms with Gasteiger partial charge in [0.1, 0.15) is 0 Å². The third-order valence-corrected chi connectivity index (χ3v) is 14.7. The molecule has 0 fully saturated rings. The Morgan fingerprint density at radius 1 is 0.889 bits per heavy atom. The first kappa shape index (κ1) is 10.6. The zero-order chi connectivity index (χ0) is 7.65. The summed E-state index contributed by atoms with van der Waals surface area (Å²) in [6.07, 6.45) is 0. The highest BCUT2D eigenvalue weighted by molar-refractivity contribution is 7.46.